The van der Waals surface area contributed by atoms with Crippen molar-refractivity contribution in [2.45, 2.75) is 37.9 Å². The molecule has 0 bridgehead atoms. The van der Waals surface area contributed by atoms with Crippen molar-refractivity contribution in [3.05, 3.63) is 64.5 Å². The molecule has 0 atom stereocenters. The molecule has 29 heavy (non-hydrogen) atoms. The first-order valence-corrected chi connectivity index (χ1v) is 11.7. The van der Waals surface area contributed by atoms with Gasteiger partial charge in [-0.3, -0.25) is 4.79 Å². The van der Waals surface area contributed by atoms with Crippen LogP contribution in [-0.4, -0.2) is 26.2 Å². The summed E-state index contributed by atoms with van der Waals surface area (Å²) in [6, 6.07) is 14.8. The molecular weight excluding hydrogens is 406 g/mol. The number of hydrogen-bond donors (Lipinski definition) is 1. The Hall–Kier alpha value is -2.22. The smallest absolute Gasteiger partial charge is 0.266 e. The minimum atomic E-state index is -3.31. The number of nitrogens with one attached hydrogen (secondary N) is 1. The Kier molecular flexibility index (Phi) is 6.12. The van der Waals surface area contributed by atoms with Crippen molar-refractivity contribution in [2.24, 2.45) is 0 Å². The van der Waals surface area contributed by atoms with E-state index >= 15 is 0 Å². The van der Waals surface area contributed by atoms with E-state index in [1.807, 2.05) is 24.3 Å². The largest absolute Gasteiger partial charge is 0.380 e. The van der Waals surface area contributed by atoms with Gasteiger partial charge in [0, 0.05) is 23.1 Å². The zero-order valence-corrected chi connectivity index (χ0v) is 18.6. The van der Waals surface area contributed by atoms with Crippen molar-refractivity contribution >= 4 is 42.9 Å². The Labute approximate surface area is 175 Å². The standard InChI is InChI=1S/C22H25NO4S2/c1-22(2,3)29(25,26)14-15-8-7-9-16(12-15)23-21(24)20-18(13-27-4)17-10-5-6-11-19(17)28-20/h5-12H,13-14H2,1-4H3,(H,23,24). The number of benzene rings is 2. The van der Waals surface area contributed by atoms with Crippen LogP contribution in [0, 0.1) is 0 Å². The maximum absolute atomic E-state index is 13.0. The van der Waals surface area contributed by atoms with Gasteiger partial charge in [-0.15, -0.1) is 11.3 Å². The van der Waals surface area contributed by atoms with Gasteiger partial charge in [0.2, 0.25) is 0 Å². The van der Waals surface area contributed by atoms with Gasteiger partial charge >= 0.3 is 0 Å². The van der Waals surface area contributed by atoms with Gasteiger partial charge in [-0.2, -0.15) is 0 Å². The zero-order valence-electron chi connectivity index (χ0n) is 17.0. The highest BCUT2D eigenvalue weighted by molar-refractivity contribution is 7.91. The van der Waals surface area contributed by atoms with Gasteiger partial charge in [-0.1, -0.05) is 30.3 Å². The molecule has 2 aromatic carbocycles. The first-order valence-electron chi connectivity index (χ1n) is 9.24. The highest BCUT2D eigenvalue weighted by Crippen LogP contribution is 2.32. The first-order chi connectivity index (χ1) is 13.6. The van der Waals surface area contributed by atoms with Gasteiger partial charge in [0.25, 0.3) is 5.91 Å². The fraction of sp³-hybridized carbons (Fsp3) is 0.318. The molecule has 0 fully saturated rings. The summed E-state index contributed by atoms with van der Waals surface area (Å²) in [4.78, 5) is 13.6. The number of sulfone groups is 1. The third-order valence-corrected chi connectivity index (χ3v) is 8.46. The molecule has 7 heteroatoms. The highest BCUT2D eigenvalue weighted by atomic mass is 32.2. The first kappa shape index (κ1) is 21.5. The lowest BCUT2D eigenvalue weighted by atomic mass is 10.1. The van der Waals surface area contributed by atoms with Crippen molar-refractivity contribution in [2.75, 3.05) is 12.4 Å². The average Bonchev–Trinajstić information content (AvgIpc) is 3.00. The van der Waals surface area contributed by atoms with Gasteiger partial charge in [0.15, 0.2) is 9.84 Å². The van der Waals surface area contributed by atoms with Crippen molar-refractivity contribution in [1.29, 1.82) is 0 Å². The maximum atomic E-state index is 13.0. The summed E-state index contributed by atoms with van der Waals surface area (Å²) in [5.74, 6) is -0.299. The van der Waals surface area contributed by atoms with Crippen LogP contribution >= 0.6 is 11.3 Å². The molecule has 0 saturated heterocycles. The van der Waals surface area contributed by atoms with Crippen molar-refractivity contribution in [3.63, 3.8) is 0 Å². The predicted molar refractivity (Wildman–Crippen MR) is 119 cm³/mol. The highest BCUT2D eigenvalue weighted by Gasteiger charge is 2.29. The summed E-state index contributed by atoms with van der Waals surface area (Å²) < 4.78 is 30.5. The van der Waals surface area contributed by atoms with Crippen LogP contribution < -0.4 is 5.32 Å². The molecule has 1 aromatic heterocycles. The summed E-state index contributed by atoms with van der Waals surface area (Å²) in [6.07, 6.45) is 0. The molecule has 1 heterocycles. The Morgan fingerprint density at radius 1 is 1.10 bits per heavy atom. The Morgan fingerprint density at radius 3 is 2.52 bits per heavy atom. The molecule has 0 aliphatic rings. The van der Waals surface area contributed by atoms with Gasteiger partial charge in [-0.05, 0) is 49.9 Å². The molecule has 0 spiro atoms. The van der Waals surface area contributed by atoms with E-state index in [1.54, 1.807) is 52.1 Å². The molecule has 1 amide bonds. The SMILES string of the molecule is COCc1c(C(=O)Nc2cccc(CS(=O)(=O)C(C)(C)C)c2)sc2ccccc12. The van der Waals surface area contributed by atoms with Crippen LogP contribution in [0.2, 0.25) is 0 Å². The van der Waals surface area contributed by atoms with E-state index in [9.17, 15) is 13.2 Å². The number of amides is 1. The van der Waals surface area contributed by atoms with Crippen molar-refractivity contribution < 1.29 is 17.9 Å². The monoisotopic (exact) mass is 431 g/mol. The topological polar surface area (TPSA) is 72.5 Å². The molecule has 3 aromatic rings. The van der Waals surface area contributed by atoms with Crippen LogP contribution in [0.15, 0.2) is 48.5 Å². The van der Waals surface area contributed by atoms with E-state index in [0.29, 0.717) is 22.7 Å². The molecule has 0 radical (unpaired) electrons. The second-order valence-corrected chi connectivity index (χ2v) is 11.7. The third-order valence-electron chi connectivity index (χ3n) is 4.67. The lowest BCUT2D eigenvalue weighted by molar-refractivity contribution is 0.102. The number of anilines is 1. The van der Waals surface area contributed by atoms with Crippen LogP contribution in [0.25, 0.3) is 10.1 Å². The van der Waals surface area contributed by atoms with Crippen LogP contribution in [0.1, 0.15) is 41.6 Å². The van der Waals surface area contributed by atoms with Crippen molar-refractivity contribution in [1.82, 2.24) is 0 Å². The molecule has 1 N–H and O–H groups in total. The van der Waals surface area contributed by atoms with E-state index < -0.39 is 14.6 Å². The summed E-state index contributed by atoms with van der Waals surface area (Å²) in [7, 11) is -1.70. The quantitative estimate of drug-likeness (QED) is 0.595. The number of ether oxygens (including phenoxy) is 1. The van der Waals surface area contributed by atoms with E-state index in [1.165, 1.54) is 11.3 Å². The minimum Gasteiger partial charge on any atom is -0.380 e. The number of rotatable bonds is 6. The van der Waals surface area contributed by atoms with Crippen LogP contribution in [0.4, 0.5) is 5.69 Å². The summed E-state index contributed by atoms with van der Waals surface area (Å²) in [5, 5.41) is 3.91. The number of carbonyl (C=O) groups is 1. The molecule has 0 aliphatic carbocycles. The summed E-state index contributed by atoms with van der Waals surface area (Å²) in [5.41, 5.74) is 2.07. The molecule has 3 rings (SSSR count). The molecule has 154 valence electrons. The number of methoxy groups -OCH3 is 1. The van der Waals surface area contributed by atoms with E-state index in [4.69, 9.17) is 4.74 Å². The van der Waals surface area contributed by atoms with E-state index in [-0.39, 0.29) is 11.7 Å². The summed E-state index contributed by atoms with van der Waals surface area (Å²) >= 11 is 1.42. The van der Waals surface area contributed by atoms with Gasteiger partial charge in [-0.25, -0.2) is 8.42 Å². The number of carbonyl (C=O) groups excluding carboxylic acids is 1. The fourth-order valence-corrected chi connectivity index (χ4v) is 5.09. The number of fused-ring (bicyclic) bond motifs is 1. The van der Waals surface area contributed by atoms with Crippen LogP contribution in [0.3, 0.4) is 0 Å². The molecule has 0 saturated carbocycles. The zero-order chi connectivity index (χ0) is 21.2. The Balaban J connectivity index is 1.87. The van der Waals surface area contributed by atoms with E-state index in [2.05, 4.69) is 5.32 Å². The predicted octanol–water partition coefficient (Wildman–Crippen LogP) is 5.01. The Morgan fingerprint density at radius 2 is 1.83 bits per heavy atom. The number of thiophene rings is 1. The third kappa shape index (κ3) is 4.69. The second-order valence-electron chi connectivity index (χ2n) is 7.86. The fourth-order valence-electron chi connectivity index (χ4n) is 2.93. The lowest BCUT2D eigenvalue weighted by Gasteiger charge is -2.19. The molecule has 0 unspecified atom stereocenters. The van der Waals surface area contributed by atoms with Crippen molar-refractivity contribution in [3.8, 4) is 0 Å². The lowest BCUT2D eigenvalue weighted by Crippen LogP contribution is -2.29. The molecular formula is C22H25NO4S2. The Bertz CT molecular complexity index is 1140. The second kappa shape index (κ2) is 8.26. The van der Waals surface area contributed by atoms with Gasteiger partial charge in [0.1, 0.15) is 0 Å². The summed E-state index contributed by atoms with van der Waals surface area (Å²) in [6.45, 7) is 5.41. The van der Waals surface area contributed by atoms with Crippen LogP contribution in [0.5, 0.6) is 0 Å². The van der Waals surface area contributed by atoms with Crippen LogP contribution in [-0.2, 0) is 26.9 Å². The van der Waals surface area contributed by atoms with E-state index in [0.717, 1.165) is 15.6 Å². The average molecular weight is 432 g/mol. The molecule has 5 nitrogen and oxygen atoms in total. The maximum Gasteiger partial charge on any atom is 0.266 e. The van der Waals surface area contributed by atoms with Gasteiger partial charge in [0.05, 0.1) is 22.0 Å². The number of hydrogen-bond acceptors (Lipinski definition) is 5. The van der Waals surface area contributed by atoms with Gasteiger partial charge < -0.3 is 10.1 Å². The minimum absolute atomic E-state index is 0.0714. The normalized spacial score (nSPS) is 12.3. The molecule has 0 aliphatic heterocycles.